The Morgan fingerprint density at radius 3 is 2.42 bits per heavy atom. The molecule has 0 unspecified atom stereocenters. The number of benzene rings is 1. The van der Waals surface area contributed by atoms with E-state index in [4.69, 9.17) is 5.10 Å². The Balaban J connectivity index is 1.24. The highest BCUT2D eigenvalue weighted by Gasteiger charge is 2.46. The van der Waals surface area contributed by atoms with Crippen molar-refractivity contribution in [3.63, 3.8) is 0 Å². The summed E-state index contributed by atoms with van der Waals surface area (Å²) in [6.07, 6.45) is 8.73. The minimum absolute atomic E-state index is 0.0311. The van der Waals surface area contributed by atoms with Crippen LogP contribution in [0, 0.1) is 23.7 Å². The number of nitrogens with zero attached hydrogens (tertiary/aromatic N) is 2. The lowest BCUT2D eigenvalue weighted by atomic mass is 9.55. The molecule has 0 spiro atoms. The Morgan fingerprint density at radius 1 is 1.04 bits per heavy atom. The van der Waals surface area contributed by atoms with E-state index in [0.29, 0.717) is 11.8 Å². The van der Waals surface area contributed by atoms with Crippen LogP contribution in [0.4, 0.5) is 0 Å². The first-order chi connectivity index (χ1) is 12.8. The second kappa shape index (κ2) is 6.80. The molecule has 1 atom stereocenters. The summed E-state index contributed by atoms with van der Waals surface area (Å²) < 4.78 is 0. The average Bonchev–Trinajstić information content (AvgIpc) is 3.09. The number of amides is 1. The van der Waals surface area contributed by atoms with Gasteiger partial charge in [-0.05, 0) is 80.7 Å². The molecule has 138 valence electrons. The summed E-state index contributed by atoms with van der Waals surface area (Å²) in [5.41, 5.74) is 5.57. The summed E-state index contributed by atoms with van der Waals surface area (Å²) in [7, 11) is 0. The molecule has 1 saturated heterocycles. The Kier molecular flexibility index (Phi) is 4.32. The monoisotopic (exact) mass is 351 g/mol. The second-order valence-electron chi connectivity index (χ2n) is 8.93. The molecule has 6 rings (SSSR count). The Labute approximate surface area is 156 Å². The highest BCUT2D eigenvalue weighted by Crippen LogP contribution is 2.52. The standard InChI is InChI=1S/C22H29N3O/c26-22(20-7-4-8-25(20)14-15-5-2-1-3-6-15)24-23-21-18-10-16-9-17(12-18)13-19(21)11-16/h1-3,5-6,16-20H,4,7-14H2,(H,24,26)/t16?,17?,18?,19?,20-/m0/s1. The van der Waals surface area contributed by atoms with Gasteiger partial charge in [0.2, 0.25) is 0 Å². The number of hydrogen-bond donors (Lipinski definition) is 1. The first kappa shape index (κ1) is 16.5. The Bertz CT molecular complexity index is 669. The molecule has 4 saturated carbocycles. The van der Waals surface area contributed by atoms with Crippen LogP contribution >= 0.6 is 0 Å². The molecule has 4 heteroatoms. The number of hydrogen-bond acceptors (Lipinski definition) is 3. The summed E-state index contributed by atoms with van der Waals surface area (Å²) in [5, 5.41) is 4.70. The number of rotatable bonds is 4. The summed E-state index contributed by atoms with van der Waals surface area (Å²) in [6.45, 7) is 1.85. The number of likely N-dealkylation sites (tertiary alicyclic amines) is 1. The minimum atomic E-state index is -0.0311. The van der Waals surface area contributed by atoms with Crippen molar-refractivity contribution in [3.8, 4) is 0 Å². The van der Waals surface area contributed by atoms with Gasteiger partial charge < -0.3 is 0 Å². The van der Waals surface area contributed by atoms with Crippen LogP contribution in [0.5, 0.6) is 0 Å². The maximum Gasteiger partial charge on any atom is 0.257 e. The molecule has 1 aromatic rings. The fraction of sp³-hybridized carbons (Fsp3) is 0.636. The lowest BCUT2D eigenvalue weighted by Crippen LogP contribution is -2.47. The van der Waals surface area contributed by atoms with E-state index in [0.717, 1.165) is 37.8 Å². The third-order valence-electron chi connectivity index (χ3n) is 7.16. The van der Waals surface area contributed by atoms with Crippen LogP contribution in [-0.4, -0.2) is 29.1 Å². The van der Waals surface area contributed by atoms with Crippen LogP contribution < -0.4 is 5.43 Å². The van der Waals surface area contributed by atoms with Crippen molar-refractivity contribution in [3.05, 3.63) is 35.9 Å². The van der Waals surface area contributed by atoms with Gasteiger partial charge >= 0.3 is 0 Å². The lowest BCUT2D eigenvalue weighted by Gasteiger charge is -2.50. The van der Waals surface area contributed by atoms with Crippen LogP contribution in [0.25, 0.3) is 0 Å². The number of nitrogens with one attached hydrogen (secondary N) is 1. The van der Waals surface area contributed by atoms with Gasteiger partial charge in [0.25, 0.3) is 5.91 Å². The van der Waals surface area contributed by atoms with E-state index in [2.05, 4.69) is 34.6 Å². The fourth-order valence-electron chi connectivity index (χ4n) is 6.17. The van der Waals surface area contributed by atoms with Crippen molar-refractivity contribution >= 4 is 11.6 Å². The zero-order valence-corrected chi connectivity index (χ0v) is 15.4. The highest BCUT2D eigenvalue weighted by molar-refractivity contribution is 5.92. The zero-order chi connectivity index (χ0) is 17.5. The Morgan fingerprint density at radius 2 is 1.73 bits per heavy atom. The maximum atomic E-state index is 12.8. The fourth-order valence-corrected chi connectivity index (χ4v) is 6.17. The molecule has 4 nitrogen and oxygen atoms in total. The molecular formula is C22H29N3O. The summed E-state index contributed by atoms with van der Waals surface area (Å²) in [6, 6.07) is 10.4. The average molecular weight is 351 g/mol. The largest absolute Gasteiger partial charge is 0.288 e. The maximum absolute atomic E-state index is 12.8. The van der Waals surface area contributed by atoms with Crippen molar-refractivity contribution in [1.29, 1.82) is 0 Å². The van der Waals surface area contributed by atoms with Crippen molar-refractivity contribution in [2.45, 2.75) is 57.5 Å². The van der Waals surface area contributed by atoms with E-state index in [1.165, 1.54) is 43.4 Å². The number of carbonyl (C=O) groups excluding carboxylic acids is 1. The van der Waals surface area contributed by atoms with Gasteiger partial charge in [0.15, 0.2) is 0 Å². The van der Waals surface area contributed by atoms with Crippen molar-refractivity contribution in [2.75, 3.05) is 6.54 Å². The quantitative estimate of drug-likeness (QED) is 0.843. The first-order valence-corrected chi connectivity index (χ1v) is 10.4. The van der Waals surface area contributed by atoms with Gasteiger partial charge in [0, 0.05) is 12.3 Å². The lowest BCUT2D eigenvalue weighted by molar-refractivity contribution is -0.125. The van der Waals surface area contributed by atoms with Crippen molar-refractivity contribution in [1.82, 2.24) is 10.3 Å². The van der Waals surface area contributed by atoms with Gasteiger partial charge in [-0.2, -0.15) is 5.10 Å². The van der Waals surface area contributed by atoms with E-state index in [9.17, 15) is 4.79 Å². The van der Waals surface area contributed by atoms with Gasteiger partial charge in [0.05, 0.1) is 6.04 Å². The number of hydrazone groups is 1. The molecule has 4 bridgehead atoms. The normalized spacial score (nSPS) is 35.7. The van der Waals surface area contributed by atoms with Crippen LogP contribution in [-0.2, 0) is 11.3 Å². The molecule has 0 aromatic heterocycles. The molecule has 4 aliphatic carbocycles. The van der Waals surface area contributed by atoms with Crippen LogP contribution in [0.1, 0.15) is 50.5 Å². The van der Waals surface area contributed by atoms with Crippen LogP contribution in [0.2, 0.25) is 0 Å². The van der Waals surface area contributed by atoms with E-state index < -0.39 is 0 Å². The second-order valence-corrected chi connectivity index (χ2v) is 8.93. The Hall–Kier alpha value is -1.68. The van der Waals surface area contributed by atoms with E-state index in [1.807, 2.05) is 6.07 Å². The minimum Gasteiger partial charge on any atom is -0.288 e. The van der Waals surface area contributed by atoms with Gasteiger partial charge in [-0.15, -0.1) is 0 Å². The molecule has 1 heterocycles. The molecule has 5 aliphatic rings. The summed E-state index contributed by atoms with van der Waals surface area (Å²) in [4.78, 5) is 15.1. The third-order valence-corrected chi connectivity index (χ3v) is 7.16. The van der Waals surface area contributed by atoms with E-state index in [-0.39, 0.29) is 11.9 Å². The topological polar surface area (TPSA) is 44.7 Å². The van der Waals surface area contributed by atoms with E-state index >= 15 is 0 Å². The molecule has 0 radical (unpaired) electrons. The smallest absolute Gasteiger partial charge is 0.257 e. The highest BCUT2D eigenvalue weighted by atomic mass is 16.2. The molecule has 1 N–H and O–H groups in total. The zero-order valence-electron chi connectivity index (χ0n) is 15.4. The summed E-state index contributed by atoms with van der Waals surface area (Å²) >= 11 is 0. The molecule has 1 aliphatic heterocycles. The van der Waals surface area contributed by atoms with Gasteiger partial charge in [-0.1, -0.05) is 30.3 Å². The van der Waals surface area contributed by atoms with Gasteiger partial charge in [-0.3, -0.25) is 9.69 Å². The predicted molar refractivity (Wildman–Crippen MR) is 102 cm³/mol. The van der Waals surface area contributed by atoms with Crippen molar-refractivity contribution < 1.29 is 4.79 Å². The molecular weight excluding hydrogens is 322 g/mol. The molecule has 1 aromatic carbocycles. The van der Waals surface area contributed by atoms with Crippen LogP contribution in [0.3, 0.4) is 0 Å². The SMILES string of the molecule is O=C(NN=C1C2CC3CC(C2)CC1C3)[C@@H]1CCCN1Cc1ccccc1. The third kappa shape index (κ3) is 3.09. The van der Waals surface area contributed by atoms with E-state index in [1.54, 1.807) is 0 Å². The van der Waals surface area contributed by atoms with Crippen LogP contribution in [0.15, 0.2) is 35.4 Å². The summed E-state index contributed by atoms with van der Waals surface area (Å²) in [5.74, 6) is 3.26. The van der Waals surface area contributed by atoms with Gasteiger partial charge in [0.1, 0.15) is 0 Å². The van der Waals surface area contributed by atoms with Gasteiger partial charge in [-0.25, -0.2) is 5.43 Å². The molecule has 5 fully saturated rings. The predicted octanol–water partition coefficient (Wildman–Crippen LogP) is 3.58. The van der Waals surface area contributed by atoms with Crippen molar-refractivity contribution in [2.24, 2.45) is 28.8 Å². The molecule has 26 heavy (non-hydrogen) atoms. The molecule has 1 amide bonds. The first-order valence-electron chi connectivity index (χ1n) is 10.4. The number of carbonyl (C=O) groups is 1.